The zero-order valence-electron chi connectivity index (χ0n) is 7.96. The summed E-state index contributed by atoms with van der Waals surface area (Å²) < 4.78 is 0. The first-order valence-corrected chi connectivity index (χ1v) is 4.10. The Balaban J connectivity index is 3.40. The number of rotatable bonds is 3. The Kier molecular flexibility index (Phi) is 2.70. The van der Waals surface area contributed by atoms with E-state index in [0.29, 0.717) is 16.7 Å². The Labute approximate surface area is 86.6 Å². The van der Waals surface area contributed by atoms with Crippen molar-refractivity contribution in [2.24, 2.45) is 17.2 Å². The van der Waals surface area contributed by atoms with E-state index >= 15 is 0 Å². The molecular formula is C9H12N6. The Morgan fingerprint density at radius 2 is 1.33 bits per heavy atom. The number of nitrogens with two attached hydrogens (primary N) is 3. The van der Waals surface area contributed by atoms with E-state index in [1.165, 1.54) is 12.1 Å². The topological polar surface area (TPSA) is 150 Å². The number of hydrogen-bond donors (Lipinski definition) is 6. The highest BCUT2D eigenvalue weighted by atomic mass is 14.7. The quantitative estimate of drug-likeness (QED) is 0.292. The van der Waals surface area contributed by atoms with Crippen molar-refractivity contribution in [1.82, 2.24) is 0 Å². The molecule has 0 heterocycles. The van der Waals surface area contributed by atoms with Crippen LogP contribution in [-0.4, -0.2) is 17.5 Å². The number of nitrogens with one attached hydrogen (secondary N) is 3. The van der Waals surface area contributed by atoms with Crippen molar-refractivity contribution in [2.75, 3.05) is 0 Å². The van der Waals surface area contributed by atoms with Gasteiger partial charge in [-0.1, -0.05) is 6.07 Å². The molecule has 0 aliphatic carbocycles. The fraction of sp³-hybridized carbons (Fsp3) is 0. The standard InChI is InChI=1S/C9H12N6/c10-7(11)4-1-2-5(8(12)13)6(3-4)9(14)15/h1-3H,(H3,10,11)(H3,12,13)(H3,14,15). The third-order valence-corrected chi connectivity index (χ3v) is 1.91. The van der Waals surface area contributed by atoms with Crippen LogP contribution in [0.25, 0.3) is 0 Å². The minimum absolute atomic E-state index is 0.118. The number of amidine groups is 3. The molecule has 0 fully saturated rings. The highest BCUT2D eigenvalue weighted by Gasteiger charge is 2.09. The second kappa shape index (κ2) is 3.79. The highest BCUT2D eigenvalue weighted by molar-refractivity contribution is 6.09. The van der Waals surface area contributed by atoms with E-state index in [4.69, 9.17) is 33.4 Å². The molecule has 0 unspecified atom stereocenters. The van der Waals surface area contributed by atoms with Gasteiger partial charge in [0, 0.05) is 16.7 Å². The lowest BCUT2D eigenvalue weighted by molar-refractivity contribution is 1.36. The summed E-state index contributed by atoms with van der Waals surface area (Å²) in [6.07, 6.45) is 0. The third kappa shape index (κ3) is 2.11. The molecule has 0 aliphatic heterocycles. The summed E-state index contributed by atoms with van der Waals surface area (Å²) in [5.41, 5.74) is 17.1. The Hall–Kier alpha value is -2.37. The predicted octanol–water partition coefficient (Wildman–Crippen LogP) is -0.461. The molecular weight excluding hydrogens is 192 g/mol. The first-order chi connectivity index (χ1) is 6.93. The minimum atomic E-state index is -0.205. The average Bonchev–Trinajstić information content (AvgIpc) is 2.16. The summed E-state index contributed by atoms with van der Waals surface area (Å²) in [7, 11) is 0. The van der Waals surface area contributed by atoms with Gasteiger partial charge < -0.3 is 17.2 Å². The van der Waals surface area contributed by atoms with Crippen LogP contribution >= 0.6 is 0 Å². The number of hydrogen-bond acceptors (Lipinski definition) is 3. The molecule has 0 spiro atoms. The molecule has 9 N–H and O–H groups in total. The second-order valence-corrected chi connectivity index (χ2v) is 3.00. The smallest absolute Gasteiger partial charge is 0.123 e. The van der Waals surface area contributed by atoms with Crippen LogP contribution in [0.3, 0.4) is 0 Å². The SMILES string of the molecule is N=C(N)c1ccc(C(=N)N)c(C(=N)N)c1. The van der Waals surface area contributed by atoms with Crippen molar-refractivity contribution in [1.29, 1.82) is 16.2 Å². The van der Waals surface area contributed by atoms with Crippen molar-refractivity contribution in [2.45, 2.75) is 0 Å². The van der Waals surface area contributed by atoms with Crippen LogP contribution in [0.1, 0.15) is 16.7 Å². The van der Waals surface area contributed by atoms with Crippen molar-refractivity contribution in [3.63, 3.8) is 0 Å². The van der Waals surface area contributed by atoms with Crippen LogP contribution in [0.15, 0.2) is 18.2 Å². The van der Waals surface area contributed by atoms with E-state index in [-0.39, 0.29) is 17.5 Å². The van der Waals surface area contributed by atoms with E-state index in [1.807, 2.05) is 0 Å². The molecule has 0 saturated carbocycles. The minimum Gasteiger partial charge on any atom is -0.384 e. The molecule has 1 rings (SSSR count). The lowest BCUT2D eigenvalue weighted by Crippen LogP contribution is -2.22. The van der Waals surface area contributed by atoms with Gasteiger partial charge in [0.05, 0.1) is 0 Å². The molecule has 6 nitrogen and oxygen atoms in total. The summed E-state index contributed by atoms with van der Waals surface area (Å²) in [6, 6.07) is 4.56. The lowest BCUT2D eigenvalue weighted by Gasteiger charge is -2.08. The summed E-state index contributed by atoms with van der Waals surface area (Å²) in [5, 5.41) is 21.8. The van der Waals surface area contributed by atoms with Crippen LogP contribution < -0.4 is 17.2 Å². The van der Waals surface area contributed by atoms with Crippen LogP contribution in [0.4, 0.5) is 0 Å². The molecule has 6 heteroatoms. The Bertz CT molecular complexity index is 448. The lowest BCUT2D eigenvalue weighted by atomic mass is 10.0. The molecule has 78 valence electrons. The van der Waals surface area contributed by atoms with Gasteiger partial charge in [0.1, 0.15) is 17.5 Å². The molecule has 1 aromatic rings. The summed E-state index contributed by atoms with van der Waals surface area (Å²) >= 11 is 0. The first-order valence-electron chi connectivity index (χ1n) is 4.10. The van der Waals surface area contributed by atoms with Gasteiger partial charge in [-0.05, 0) is 12.1 Å². The van der Waals surface area contributed by atoms with Gasteiger partial charge >= 0.3 is 0 Å². The molecule has 0 aromatic heterocycles. The fourth-order valence-corrected chi connectivity index (χ4v) is 1.17. The summed E-state index contributed by atoms with van der Waals surface area (Å²) in [5.74, 6) is -0.494. The highest BCUT2D eigenvalue weighted by Crippen LogP contribution is 2.10. The van der Waals surface area contributed by atoms with Crippen LogP contribution in [0, 0.1) is 16.2 Å². The number of benzene rings is 1. The molecule has 15 heavy (non-hydrogen) atoms. The monoisotopic (exact) mass is 204 g/mol. The van der Waals surface area contributed by atoms with Crippen molar-refractivity contribution >= 4 is 17.5 Å². The summed E-state index contributed by atoms with van der Waals surface area (Å²) in [6.45, 7) is 0. The molecule has 1 aromatic carbocycles. The third-order valence-electron chi connectivity index (χ3n) is 1.91. The number of nitrogen functional groups attached to an aromatic ring is 3. The van der Waals surface area contributed by atoms with Gasteiger partial charge in [0.2, 0.25) is 0 Å². The molecule has 0 bridgehead atoms. The van der Waals surface area contributed by atoms with Crippen molar-refractivity contribution in [3.8, 4) is 0 Å². The van der Waals surface area contributed by atoms with E-state index in [9.17, 15) is 0 Å². The maximum atomic E-state index is 7.32. The maximum Gasteiger partial charge on any atom is 0.123 e. The molecule has 0 aliphatic rings. The zero-order chi connectivity index (χ0) is 11.6. The van der Waals surface area contributed by atoms with Gasteiger partial charge in [-0.15, -0.1) is 0 Å². The Morgan fingerprint density at radius 1 is 0.800 bits per heavy atom. The summed E-state index contributed by atoms with van der Waals surface area (Å²) in [4.78, 5) is 0. The molecule has 0 amide bonds. The average molecular weight is 204 g/mol. The van der Waals surface area contributed by atoms with Gasteiger partial charge in [-0.2, -0.15) is 0 Å². The predicted molar refractivity (Wildman–Crippen MR) is 59.5 cm³/mol. The van der Waals surface area contributed by atoms with Gasteiger partial charge in [-0.25, -0.2) is 0 Å². The van der Waals surface area contributed by atoms with Gasteiger partial charge in [-0.3, -0.25) is 16.2 Å². The Morgan fingerprint density at radius 3 is 1.73 bits per heavy atom. The normalized spacial score (nSPS) is 9.60. The maximum absolute atomic E-state index is 7.32. The van der Waals surface area contributed by atoms with Crippen LogP contribution in [0.5, 0.6) is 0 Å². The molecule has 0 radical (unpaired) electrons. The van der Waals surface area contributed by atoms with E-state index in [1.54, 1.807) is 6.07 Å². The van der Waals surface area contributed by atoms with E-state index in [2.05, 4.69) is 0 Å². The second-order valence-electron chi connectivity index (χ2n) is 3.00. The van der Waals surface area contributed by atoms with Gasteiger partial charge in [0.25, 0.3) is 0 Å². The fourth-order valence-electron chi connectivity index (χ4n) is 1.17. The van der Waals surface area contributed by atoms with E-state index < -0.39 is 0 Å². The van der Waals surface area contributed by atoms with Crippen LogP contribution in [0.2, 0.25) is 0 Å². The van der Waals surface area contributed by atoms with Gasteiger partial charge in [0.15, 0.2) is 0 Å². The zero-order valence-corrected chi connectivity index (χ0v) is 7.96. The van der Waals surface area contributed by atoms with Crippen LogP contribution in [-0.2, 0) is 0 Å². The molecule has 0 atom stereocenters. The van der Waals surface area contributed by atoms with Crippen molar-refractivity contribution < 1.29 is 0 Å². The largest absolute Gasteiger partial charge is 0.384 e. The van der Waals surface area contributed by atoms with Crippen molar-refractivity contribution in [3.05, 3.63) is 34.9 Å². The molecule has 0 saturated heterocycles. The van der Waals surface area contributed by atoms with E-state index in [0.717, 1.165) is 0 Å². The first kappa shape index (κ1) is 10.7.